The van der Waals surface area contributed by atoms with Crippen molar-refractivity contribution in [2.24, 2.45) is 0 Å². The molecule has 4 aromatic carbocycles. The van der Waals surface area contributed by atoms with Gasteiger partial charge in [-0.25, -0.2) is 0 Å². The number of benzene rings is 4. The van der Waals surface area contributed by atoms with Crippen LogP contribution in [0.25, 0.3) is 0 Å². The highest BCUT2D eigenvalue weighted by Crippen LogP contribution is 2.40. The van der Waals surface area contributed by atoms with Crippen LogP contribution in [0.2, 0.25) is 0 Å². The number of rotatable bonds is 8. The molecule has 4 aromatic rings. The number of likely N-dealkylation sites (N-methyl/N-ethyl adjacent to an activating group) is 1. The zero-order valence-electron chi connectivity index (χ0n) is 24.8. The van der Waals surface area contributed by atoms with Crippen LogP contribution in [-0.4, -0.2) is 54.6 Å². The van der Waals surface area contributed by atoms with Gasteiger partial charge in [-0.3, -0.25) is 4.90 Å². The quantitative estimate of drug-likeness (QED) is 0.206. The molecule has 8 nitrogen and oxygen atoms in total. The van der Waals surface area contributed by atoms with Crippen molar-refractivity contribution in [1.29, 1.82) is 0 Å². The maximum Gasteiger partial charge on any atom is 0.169 e. The maximum absolute atomic E-state index is 10.6. The van der Waals surface area contributed by atoms with E-state index in [-0.39, 0.29) is 29.3 Å². The smallest absolute Gasteiger partial charge is 0.169 e. The van der Waals surface area contributed by atoms with Crippen LogP contribution in [0, 0.1) is 0 Å². The fourth-order valence-electron chi connectivity index (χ4n) is 6.32. The molecule has 224 valence electrons. The zero-order chi connectivity index (χ0) is 30.1. The van der Waals surface area contributed by atoms with E-state index in [0.29, 0.717) is 29.4 Å². The van der Waals surface area contributed by atoms with Crippen molar-refractivity contribution in [2.45, 2.75) is 37.8 Å². The molecule has 0 bridgehead atoms. The van der Waals surface area contributed by atoms with Gasteiger partial charge in [0.2, 0.25) is 0 Å². The highest BCUT2D eigenvalue weighted by atomic mass is 16.5. The molecule has 6 rings (SSSR count). The summed E-state index contributed by atoms with van der Waals surface area (Å²) in [5.74, 6) is 2.39. The first-order valence-electron chi connectivity index (χ1n) is 14.6. The topological polar surface area (TPSA) is 104 Å². The van der Waals surface area contributed by atoms with Gasteiger partial charge < -0.3 is 34.8 Å². The molecule has 0 aliphatic carbocycles. The van der Waals surface area contributed by atoms with E-state index in [1.807, 2.05) is 54.6 Å². The van der Waals surface area contributed by atoms with Crippen molar-refractivity contribution in [1.82, 2.24) is 10.2 Å². The number of fused-ring (bicyclic) bond motifs is 2. The lowest BCUT2D eigenvalue weighted by Gasteiger charge is -2.35. The molecular weight excluding hydrogens is 544 g/mol. The second-order valence-electron chi connectivity index (χ2n) is 11.4. The maximum atomic E-state index is 10.6. The van der Waals surface area contributed by atoms with Gasteiger partial charge in [0.15, 0.2) is 34.5 Å². The average molecular weight is 583 g/mol. The number of nitrogens with zero attached hydrogens (tertiary/aromatic N) is 1. The van der Waals surface area contributed by atoms with Gasteiger partial charge in [-0.1, -0.05) is 18.2 Å². The van der Waals surface area contributed by atoms with Crippen molar-refractivity contribution >= 4 is 0 Å². The Kier molecular flexibility index (Phi) is 8.06. The minimum Gasteiger partial charge on any atom is -0.504 e. The summed E-state index contributed by atoms with van der Waals surface area (Å²) in [6.45, 7) is 1.76. The van der Waals surface area contributed by atoms with Crippen LogP contribution in [0.1, 0.15) is 45.5 Å². The van der Waals surface area contributed by atoms with Crippen LogP contribution < -0.4 is 19.5 Å². The van der Waals surface area contributed by atoms with Crippen LogP contribution in [0.3, 0.4) is 0 Å². The first-order valence-corrected chi connectivity index (χ1v) is 14.6. The molecule has 0 amide bonds. The molecule has 43 heavy (non-hydrogen) atoms. The number of ether oxygens (including phenoxy) is 3. The summed E-state index contributed by atoms with van der Waals surface area (Å²) in [5.41, 5.74) is 6.69. The Morgan fingerprint density at radius 1 is 0.721 bits per heavy atom. The molecule has 0 radical (unpaired) electrons. The average Bonchev–Trinajstić information content (AvgIpc) is 3.01. The van der Waals surface area contributed by atoms with Crippen molar-refractivity contribution in [3.63, 3.8) is 0 Å². The Hall–Kier alpha value is -4.40. The van der Waals surface area contributed by atoms with Gasteiger partial charge >= 0.3 is 0 Å². The summed E-state index contributed by atoms with van der Waals surface area (Å²) in [4.78, 5) is 2.32. The number of nitrogens with one attached hydrogen (secondary N) is 1. The highest BCUT2D eigenvalue weighted by Gasteiger charge is 2.27. The number of aromatic hydroxyl groups is 3. The minimum absolute atomic E-state index is 0.0169. The number of phenolic OH excluding ortho intramolecular Hbond substituents is 3. The van der Waals surface area contributed by atoms with Crippen molar-refractivity contribution in [2.75, 3.05) is 34.4 Å². The van der Waals surface area contributed by atoms with Crippen LogP contribution in [-0.2, 0) is 25.7 Å². The monoisotopic (exact) mass is 582 g/mol. The van der Waals surface area contributed by atoms with Gasteiger partial charge in [-0.2, -0.15) is 0 Å². The van der Waals surface area contributed by atoms with E-state index < -0.39 is 0 Å². The van der Waals surface area contributed by atoms with Crippen LogP contribution >= 0.6 is 0 Å². The van der Waals surface area contributed by atoms with E-state index in [2.05, 4.69) is 17.3 Å². The van der Waals surface area contributed by atoms with Gasteiger partial charge in [0.05, 0.1) is 14.2 Å². The molecule has 4 N–H and O–H groups in total. The summed E-state index contributed by atoms with van der Waals surface area (Å²) in [7, 11) is 5.25. The van der Waals surface area contributed by atoms with E-state index in [1.54, 1.807) is 26.4 Å². The van der Waals surface area contributed by atoms with Gasteiger partial charge in [-0.05, 0) is 121 Å². The first kappa shape index (κ1) is 28.7. The molecule has 0 unspecified atom stereocenters. The molecule has 0 spiro atoms. The molecule has 2 atom stereocenters. The minimum atomic E-state index is 0.0169. The summed E-state index contributed by atoms with van der Waals surface area (Å²) >= 11 is 0. The Bertz CT molecular complexity index is 1620. The van der Waals surface area contributed by atoms with E-state index in [1.165, 1.54) is 5.56 Å². The Morgan fingerprint density at radius 3 is 2.07 bits per heavy atom. The summed E-state index contributed by atoms with van der Waals surface area (Å²) < 4.78 is 16.8. The highest BCUT2D eigenvalue weighted by molar-refractivity contribution is 5.51. The predicted octanol–water partition coefficient (Wildman–Crippen LogP) is 5.81. The lowest BCUT2D eigenvalue weighted by molar-refractivity contribution is 0.228. The standard InChI is InChI=1S/C35H38N2O6/c1-37-13-11-24-18-34(42-3)32(40)20-27(24)29(37)15-21-4-7-25(8-5-21)43-35-16-22(6-9-30(35)38)14-28-26-19-31(39)33(41-2)17-23(26)10-12-36-28/h4-9,16-20,28-29,36,38-40H,10-15H2,1-3H3/t28-,29+/m1/s1. The Balaban J connectivity index is 1.16. The fraction of sp³-hybridized carbons (Fsp3) is 0.314. The molecular formula is C35H38N2O6. The molecule has 2 aliphatic heterocycles. The molecule has 0 fully saturated rings. The summed E-state index contributed by atoms with van der Waals surface area (Å²) in [6.07, 6.45) is 3.23. The molecule has 0 aromatic heterocycles. The van der Waals surface area contributed by atoms with Gasteiger partial charge in [0.25, 0.3) is 0 Å². The second kappa shape index (κ2) is 12.1. The predicted molar refractivity (Wildman–Crippen MR) is 165 cm³/mol. The van der Waals surface area contributed by atoms with Crippen LogP contribution in [0.5, 0.6) is 40.2 Å². The third kappa shape index (κ3) is 5.94. The van der Waals surface area contributed by atoms with Crippen molar-refractivity contribution in [3.05, 3.63) is 100 Å². The zero-order valence-corrected chi connectivity index (χ0v) is 24.8. The van der Waals surface area contributed by atoms with Gasteiger partial charge in [-0.15, -0.1) is 0 Å². The number of hydrogen-bond acceptors (Lipinski definition) is 8. The lowest BCUT2D eigenvalue weighted by atomic mass is 9.88. The second-order valence-corrected chi connectivity index (χ2v) is 11.4. The van der Waals surface area contributed by atoms with Crippen molar-refractivity contribution < 1.29 is 29.5 Å². The first-order chi connectivity index (χ1) is 20.8. The molecule has 2 aliphatic rings. The molecule has 8 heteroatoms. The number of hydrogen-bond donors (Lipinski definition) is 4. The summed E-state index contributed by atoms with van der Waals surface area (Å²) in [6, 6.07) is 21.0. The van der Waals surface area contributed by atoms with Gasteiger partial charge in [0.1, 0.15) is 5.75 Å². The third-order valence-corrected chi connectivity index (χ3v) is 8.71. The van der Waals surface area contributed by atoms with Crippen LogP contribution in [0.15, 0.2) is 66.7 Å². The number of methoxy groups -OCH3 is 2. The SMILES string of the molecule is COc1cc2c(cc1O)[C@@H](Cc1ccc(O)c(Oc3ccc(C[C@H]4c5cc(O)c(OC)cc5CCN4C)cc3)c1)NCC2. The van der Waals surface area contributed by atoms with Gasteiger partial charge in [0, 0.05) is 18.6 Å². The van der Waals surface area contributed by atoms with E-state index in [0.717, 1.165) is 60.2 Å². The largest absolute Gasteiger partial charge is 0.504 e. The Labute approximate surface area is 252 Å². The molecule has 0 saturated carbocycles. The number of phenols is 3. The molecule has 2 heterocycles. The summed E-state index contributed by atoms with van der Waals surface area (Å²) in [5, 5.41) is 34.9. The van der Waals surface area contributed by atoms with E-state index >= 15 is 0 Å². The van der Waals surface area contributed by atoms with Crippen LogP contribution in [0.4, 0.5) is 0 Å². The van der Waals surface area contributed by atoms with E-state index in [4.69, 9.17) is 14.2 Å². The third-order valence-electron chi connectivity index (χ3n) is 8.71. The normalized spacial score (nSPS) is 18.0. The molecule has 0 saturated heterocycles. The van der Waals surface area contributed by atoms with E-state index in [9.17, 15) is 15.3 Å². The fourth-order valence-corrected chi connectivity index (χ4v) is 6.32. The lowest BCUT2D eigenvalue weighted by Crippen LogP contribution is -2.33. The van der Waals surface area contributed by atoms with Crippen molar-refractivity contribution in [3.8, 4) is 40.2 Å². The Morgan fingerprint density at radius 2 is 1.37 bits per heavy atom.